The predicted molar refractivity (Wildman–Crippen MR) is 120 cm³/mol. The Bertz CT molecular complexity index is 1340. The predicted octanol–water partition coefficient (Wildman–Crippen LogP) is 5.28. The zero-order valence-electron chi connectivity index (χ0n) is 16.0. The van der Waals surface area contributed by atoms with Crippen LogP contribution < -0.4 is 5.32 Å². The van der Waals surface area contributed by atoms with Crippen LogP contribution in [0, 0.1) is 11.3 Å². The van der Waals surface area contributed by atoms with Crippen molar-refractivity contribution in [1.29, 1.82) is 5.26 Å². The van der Waals surface area contributed by atoms with Gasteiger partial charge in [-0.2, -0.15) is 5.26 Å². The second kappa shape index (κ2) is 8.96. The lowest BCUT2D eigenvalue weighted by atomic mass is 10.0. The molecular formula is C23H14ClN3O3S. The second-order valence-electron chi connectivity index (χ2n) is 6.45. The van der Waals surface area contributed by atoms with E-state index in [1.807, 2.05) is 30.3 Å². The number of pyridine rings is 1. The number of halogens is 1. The van der Waals surface area contributed by atoms with Crippen molar-refractivity contribution in [2.75, 3.05) is 11.9 Å². The van der Waals surface area contributed by atoms with E-state index in [9.17, 15) is 9.59 Å². The summed E-state index contributed by atoms with van der Waals surface area (Å²) in [6, 6.07) is 19.6. The van der Waals surface area contributed by atoms with Crippen molar-refractivity contribution in [3.05, 3.63) is 82.2 Å². The molecule has 4 rings (SSSR count). The van der Waals surface area contributed by atoms with E-state index < -0.39 is 18.5 Å². The van der Waals surface area contributed by atoms with Crippen molar-refractivity contribution < 1.29 is 14.3 Å². The molecule has 31 heavy (non-hydrogen) atoms. The largest absolute Gasteiger partial charge is 0.452 e. The Labute approximate surface area is 186 Å². The first-order valence-corrected chi connectivity index (χ1v) is 10.4. The molecule has 0 saturated carbocycles. The maximum Gasteiger partial charge on any atom is 0.339 e. The third kappa shape index (κ3) is 4.40. The first-order valence-electron chi connectivity index (χ1n) is 9.16. The number of benzene rings is 2. The first-order chi connectivity index (χ1) is 15.1. The molecular weight excluding hydrogens is 434 g/mol. The fourth-order valence-electron chi connectivity index (χ4n) is 3.02. The molecule has 0 fully saturated rings. The minimum atomic E-state index is -0.659. The normalized spacial score (nSPS) is 10.5. The number of nitriles is 1. The molecule has 8 heteroatoms. The molecule has 0 spiro atoms. The molecule has 0 unspecified atom stereocenters. The number of para-hydroxylation sites is 1. The van der Waals surface area contributed by atoms with Crippen molar-refractivity contribution in [3.8, 4) is 17.3 Å². The fraction of sp³-hybridized carbons (Fsp3) is 0.0435. The first kappa shape index (κ1) is 20.5. The van der Waals surface area contributed by atoms with Gasteiger partial charge in [0.05, 0.1) is 22.3 Å². The topological polar surface area (TPSA) is 92.1 Å². The van der Waals surface area contributed by atoms with Crippen molar-refractivity contribution >= 4 is 50.7 Å². The van der Waals surface area contributed by atoms with Crippen LogP contribution in [0.15, 0.2) is 66.0 Å². The molecule has 152 valence electrons. The van der Waals surface area contributed by atoms with Crippen LogP contribution in [0.5, 0.6) is 0 Å². The molecule has 0 aliphatic rings. The van der Waals surface area contributed by atoms with E-state index in [0.717, 1.165) is 0 Å². The van der Waals surface area contributed by atoms with Crippen LogP contribution >= 0.6 is 22.9 Å². The zero-order valence-corrected chi connectivity index (χ0v) is 17.5. The summed E-state index contributed by atoms with van der Waals surface area (Å²) in [5.74, 6) is -1.19. The Hall–Kier alpha value is -3.73. The Kier molecular flexibility index (Phi) is 5.94. The van der Waals surface area contributed by atoms with Crippen LogP contribution in [0.25, 0.3) is 22.2 Å². The zero-order chi connectivity index (χ0) is 21.8. The SMILES string of the molecule is N#Cc1ccsc1NC(=O)COC(=O)c1cc(-c2ccccc2Cl)nc2ccccc12. The van der Waals surface area contributed by atoms with Crippen molar-refractivity contribution in [3.63, 3.8) is 0 Å². The average molecular weight is 448 g/mol. The summed E-state index contributed by atoms with van der Waals surface area (Å²) in [4.78, 5) is 29.6. The van der Waals surface area contributed by atoms with Gasteiger partial charge < -0.3 is 10.1 Å². The van der Waals surface area contributed by atoms with Crippen LogP contribution in [-0.4, -0.2) is 23.5 Å². The number of carbonyl (C=O) groups excluding carboxylic acids is 2. The molecule has 2 aromatic carbocycles. The highest BCUT2D eigenvalue weighted by molar-refractivity contribution is 7.14. The molecule has 6 nitrogen and oxygen atoms in total. The number of hydrogen-bond donors (Lipinski definition) is 1. The minimum absolute atomic E-state index is 0.280. The number of nitrogens with one attached hydrogen (secondary N) is 1. The molecule has 0 bridgehead atoms. The summed E-state index contributed by atoms with van der Waals surface area (Å²) in [6.45, 7) is -0.486. The van der Waals surface area contributed by atoms with Gasteiger partial charge in [0, 0.05) is 16.0 Å². The summed E-state index contributed by atoms with van der Waals surface area (Å²) in [7, 11) is 0. The number of esters is 1. The van der Waals surface area contributed by atoms with Crippen molar-refractivity contribution in [2.45, 2.75) is 0 Å². The van der Waals surface area contributed by atoms with Gasteiger partial charge in [-0.3, -0.25) is 4.79 Å². The van der Waals surface area contributed by atoms with Crippen molar-refractivity contribution in [1.82, 2.24) is 4.98 Å². The van der Waals surface area contributed by atoms with E-state index in [2.05, 4.69) is 10.3 Å². The maximum absolute atomic E-state index is 12.8. The number of aromatic nitrogens is 1. The number of thiophene rings is 1. The van der Waals surface area contributed by atoms with Gasteiger partial charge in [-0.1, -0.05) is 48.0 Å². The summed E-state index contributed by atoms with van der Waals surface area (Å²) < 4.78 is 5.25. The van der Waals surface area contributed by atoms with Crippen LogP contribution in [0.1, 0.15) is 15.9 Å². The maximum atomic E-state index is 12.8. The van der Waals surface area contributed by atoms with Crippen molar-refractivity contribution in [2.24, 2.45) is 0 Å². The fourth-order valence-corrected chi connectivity index (χ4v) is 4.00. The Balaban J connectivity index is 1.59. The highest BCUT2D eigenvalue weighted by atomic mass is 35.5. The van der Waals surface area contributed by atoms with Gasteiger partial charge in [-0.15, -0.1) is 11.3 Å². The number of anilines is 1. The van der Waals surface area contributed by atoms with Gasteiger partial charge in [-0.25, -0.2) is 9.78 Å². The van der Waals surface area contributed by atoms with E-state index in [-0.39, 0.29) is 5.56 Å². The van der Waals surface area contributed by atoms with Gasteiger partial charge in [0.25, 0.3) is 5.91 Å². The third-order valence-electron chi connectivity index (χ3n) is 4.46. The van der Waals surface area contributed by atoms with Crippen LogP contribution in [0.3, 0.4) is 0 Å². The second-order valence-corrected chi connectivity index (χ2v) is 7.77. The minimum Gasteiger partial charge on any atom is -0.452 e. The van der Waals surface area contributed by atoms with E-state index in [1.54, 1.807) is 41.8 Å². The molecule has 0 atom stereocenters. The summed E-state index contributed by atoms with van der Waals surface area (Å²) in [5.41, 5.74) is 2.45. The molecule has 0 aliphatic carbocycles. The lowest BCUT2D eigenvalue weighted by Crippen LogP contribution is -2.21. The van der Waals surface area contributed by atoms with Gasteiger partial charge in [0.1, 0.15) is 11.1 Å². The average Bonchev–Trinajstić information content (AvgIpc) is 3.24. The molecule has 0 radical (unpaired) electrons. The lowest BCUT2D eigenvalue weighted by Gasteiger charge is -2.11. The monoisotopic (exact) mass is 447 g/mol. The van der Waals surface area contributed by atoms with E-state index in [1.165, 1.54) is 11.3 Å². The Morgan fingerprint density at radius 1 is 1.13 bits per heavy atom. The van der Waals surface area contributed by atoms with E-state index >= 15 is 0 Å². The lowest BCUT2D eigenvalue weighted by molar-refractivity contribution is -0.119. The number of ether oxygens (including phenoxy) is 1. The van der Waals surface area contributed by atoms with Crippen LogP contribution in [0.4, 0.5) is 5.00 Å². The standard InChI is InChI=1S/C23H14ClN3O3S/c24-18-7-3-1-6-16(18)20-11-17(15-5-2-4-8-19(15)26-20)23(29)30-13-21(28)27-22-14(12-25)9-10-31-22/h1-11H,13H2,(H,27,28). The van der Waals surface area contributed by atoms with Gasteiger partial charge >= 0.3 is 5.97 Å². The Morgan fingerprint density at radius 3 is 2.71 bits per heavy atom. The summed E-state index contributed by atoms with van der Waals surface area (Å²) in [5, 5.41) is 14.8. The van der Waals surface area contributed by atoms with Crippen LogP contribution in [0.2, 0.25) is 5.02 Å². The summed E-state index contributed by atoms with van der Waals surface area (Å²) in [6.07, 6.45) is 0. The number of fused-ring (bicyclic) bond motifs is 1. The highest BCUT2D eigenvalue weighted by Gasteiger charge is 2.18. The number of nitrogens with zero attached hydrogens (tertiary/aromatic N) is 2. The van der Waals surface area contributed by atoms with Gasteiger partial charge in [0.2, 0.25) is 0 Å². The highest BCUT2D eigenvalue weighted by Crippen LogP contribution is 2.30. The molecule has 1 N–H and O–H groups in total. The molecule has 2 heterocycles. The Morgan fingerprint density at radius 2 is 1.90 bits per heavy atom. The number of carbonyl (C=O) groups is 2. The van der Waals surface area contributed by atoms with E-state index in [4.69, 9.17) is 21.6 Å². The molecule has 0 saturated heterocycles. The third-order valence-corrected chi connectivity index (χ3v) is 5.62. The van der Waals surface area contributed by atoms with Gasteiger partial charge in [0.15, 0.2) is 6.61 Å². The summed E-state index contributed by atoms with van der Waals surface area (Å²) >= 11 is 7.53. The van der Waals surface area contributed by atoms with Gasteiger partial charge in [-0.05, 0) is 29.6 Å². The molecule has 4 aromatic rings. The number of hydrogen-bond acceptors (Lipinski definition) is 6. The smallest absolute Gasteiger partial charge is 0.339 e. The number of amides is 1. The number of rotatable bonds is 5. The quantitative estimate of drug-likeness (QED) is 0.420. The molecule has 2 aromatic heterocycles. The molecule has 0 aliphatic heterocycles. The molecule has 1 amide bonds. The van der Waals surface area contributed by atoms with Crippen LogP contribution in [-0.2, 0) is 9.53 Å². The van der Waals surface area contributed by atoms with E-state index in [0.29, 0.717) is 37.7 Å².